The molecule has 5 nitrogen and oxygen atoms in total. The molecule has 1 amide bonds. The van der Waals surface area contributed by atoms with Gasteiger partial charge in [0, 0.05) is 42.4 Å². The Morgan fingerprint density at radius 3 is 2.73 bits per heavy atom. The van der Waals surface area contributed by atoms with E-state index in [-0.39, 0.29) is 5.91 Å². The fraction of sp³-hybridized carbons (Fsp3) is 0.550. The van der Waals surface area contributed by atoms with E-state index < -0.39 is 0 Å². The molecule has 0 bridgehead atoms. The topological polar surface area (TPSA) is 51.0 Å². The lowest BCUT2D eigenvalue weighted by atomic mass is 9.96. The lowest BCUT2D eigenvalue weighted by Crippen LogP contribution is -2.39. The minimum absolute atomic E-state index is 0.137. The number of amides is 1. The van der Waals surface area contributed by atoms with Crippen LogP contribution in [-0.4, -0.2) is 44.9 Å². The predicted octanol–water partition coefficient (Wildman–Crippen LogP) is 3.75. The van der Waals surface area contributed by atoms with Crippen molar-refractivity contribution in [1.29, 1.82) is 0 Å². The van der Waals surface area contributed by atoms with Crippen molar-refractivity contribution in [2.45, 2.75) is 55.9 Å². The lowest BCUT2D eigenvalue weighted by molar-refractivity contribution is 0.0703. The van der Waals surface area contributed by atoms with Crippen LogP contribution in [0, 0.1) is 0 Å². The molecule has 0 radical (unpaired) electrons. The van der Waals surface area contributed by atoms with Gasteiger partial charge in [-0.05, 0) is 56.2 Å². The number of carbonyl (C=O) groups excluding carboxylic acids is 1. The smallest absolute Gasteiger partial charge is 0.253 e. The third-order valence-electron chi connectivity index (χ3n) is 5.55. The first-order valence-corrected chi connectivity index (χ1v) is 10.8. The molecule has 6 heteroatoms. The molecule has 1 saturated heterocycles. The molecule has 0 N–H and O–H groups in total. The summed E-state index contributed by atoms with van der Waals surface area (Å²) in [6.07, 6.45) is 8.88. The van der Waals surface area contributed by atoms with E-state index in [2.05, 4.69) is 14.8 Å². The van der Waals surface area contributed by atoms with Gasteiger partial charge in [-0.1, -0.05) is 6.42 Å². The van der Waals surface area contributed by atoms with Crippen LogP contribution in [-0.2, 0) is 13.0 Å². The van der Waals surface area contributed by atoms with Gasteiger partial charge in [-0.15, -0.1) is 22.0 Å². The Morgan fingerprint density at radius 1 is 1.08 bits per heavy atom. The van der Waals surface area contributed by atoms with Gasteiger partial charge in [0.05, 0.1) is 0 Å². The Labute approximate surface area is 159 Å². The Kier molecular flexibility index (Phi) is 5.29. The summed E-state index contributed by atoms with van der Waals surface area (Å²) in [7, 11) is 0. The number of aromatic nitrogens is 3. The van der Waals surface area contributed by atoms with E-state index in [1.165, 1.54) is 24.2 Å². The standard InChI is InChI=1S/C20H26N4OS/c1-26-17-10-8-15(9-11-17)20(25)23-12-5-6-16(14-23)19-22-21-18-7-3-2-4-13-24(18)19/h8-11,16H,2-7,12-14H2,1H3. The highest BCUT2D eigenvalue weighted by Crippen LogP contribution is 2.29. The quantitative estimate of drug-likeness (QED) is 0.772. The third-order valence-corrected chi connectivity index (χ3v) is 6.29. The number of nitrogens with zero attached hydrogens (tertiary/aromatic N) is 4. The molecule has 1 unspecified atom stereocenters. The fourth-order valence-electron chi connectivity index (χ4n) is 4.10. The summed E-state index contributed by atoms with van der Waals surface area (Å²) in [6.45, 7) is 2.61. The number of hydrogen-bond acceptors (Lipinski definition) is 4. The predicted molar refractivity (Wildman–Crippen MR) is 104 cm³/mol. The number of piperidine rings is 1. The molecule has 0 spiro atoms. The molecule has 4 rings (SSSR count). The van der Waals surface area contributed by atoms with Crippen LogP contribution in [0.15, 0.2) is 29.2 Å². The van der Waals surface area contributed by atoms with Crippen LogP contribution in [0.1, 0.15) is 60.0 Å². The molecule has 26 heavy (non-hydrogen) atoms. The summed E-state index contributed by atoms with van der Waals surface area (Å²) in [5.74, 6) is 2.67. The molecule has 138 valence electrons. The van der Waals surface area contributed by atoms with Crippen LogP contribution in [0.25, 0.3) is 0 Å². The summed E-state index contributed by atoms with van der Waals surface area (Å²) in [4.78, 5) is 16.1. The average Bonchev–Trinajstić information content (AvgIpc) is 2.96. The normalized spacial score (nSPS) is 20.5. The molecule has 1 atom stereocenters. The zero-order valence-electron chi connectivity index (χ0n) is 15.4. The summed E-state index contributed by atoms with van der Waals surface area (Å²) >= 11 is 1.70. The van der Waals surface area contributed by atoms with E-state index in [0.717, 1.165) is 56.1 Å². The summed E-state index contributed by atoms with van der Waals surface area (Å²) < 4.78 is 2.33. The van der Waals surface area contributed by atoms with Crippen molar-refractivity contribution in [3.8, 4) is 0 Å². The van der Waals surface area contributed by atoms with Gasteiger partial charge in [-0.3, -0.25) is 4.79 Å². The van der Waals surface area contributed by atoms with E-state index in [1.807, 2.05) is 35.4 Å². The number of aryl methyl sites for hydroxylation is 1. The molecule has 2 aliphatic heterocycles. The Bertz CT molecular complexity index is 771. The Hall–Kier alpha value is -1.82. The van der Waals surface area contributed by atoms with E-state index in [9.17, 15) is 4.79 Å². The number of hydrogen-bond donors (Lipinski definition) is 0. The highest BCUT2D eigenvalue weighted by molar-refractivity contribution is 7.98. The minimum Gasteiger partial charge on any atom is -0.338 e. The van der Waals surface area contributed by atoms with E-state index >= 15 is 0 Å². The van der Waals surface area contributed by atoms with Crippen LogP contribution in [0.5, 0.6) is 0 Å². The van der Waals surface area contributed by atoms with Crippen molar-refractivity contribution in [3.63, 3.8) is 0 Å². The molecule has 0 aliphatic carbocycles. The van der Waals surface area contributed by atoms with Crippen LogP contribution in [0.2, 0.25) is 0 Å². The molecular weight excluding hydrogens is 344 g/mol. The molecular formula is C20H26N4OS. The summed E-state index contributed by atoms with van der Waals surface area (Å²) in [6, 6.07) is 7.94. The molecule has 3 heterocycles. The maximum absolute atomic E-state index is 12.9. The maximum Gasteiger partial charge on any atom is 0.253 e. The molecule has 0 saturated carbocycles. The van der Waals surface area contributed by atoms with Gasteiger partial charge in [-0.25, -0.2) is 0 Å². The van der Waals surface area contributed by atoms with Gasteiger partial charge in [0.1, 0.15) is 11.6 Å². The highest BCUT2D eigenvalue weighted by atomic mass is 32.2. The zero-order valence-corrected chi connectivity index (χ0v) is 16.2. The largest absolute Gasteiger partial charge is 0.338 e. The fourth-order valence-corrected chi connectivity index (χ4v) is 4.51. The summed E-state index contributed by atoms with van der Waals surface area (Å²) in [5, 5.41) is 8.97. The van der Waals surface area contributed by atoms with Crippen molar-refractivity contribution >= 4 is 17.7 Å². The number of fused-ring (bicyclic) bond motifs is 1. The van der Waals surface area contributed by atoms with Gasteiger partial charge in [0.15, 0.2) is 0 Å². The highest BCUT2D eigenvalue weighted by Gasteiger charge is 2.29. The Morgan fingerprint density at radius 2 is 1.92 bits per heavy atom. The van der Waals surface area contributed by atoms with Gasteiger partial charge in [0.25, 0.3) is 5.91 Å². The zero-order chi connectivity index (χ0) is 17.9. The van der Waals surface area contributed by atoms with Crippen molar-refractivity contribution in [1.82, 2.24) is 19.7 Å². The van der Waals surface area contributed by atoms with Crippen molar-refractivity contribution < 1.29 is 4.79 Å². The van der Waals surface area contributed by atoms with Gasteiger partial charge in [0.2, 0.25) is 0 Å². The first kappa shape index (κ1) is 17.6. The van der Waals surface area contributed by atoms with Gasteiger partial charge >= 0.3 is 0 Å². The first-order valence-electron chi connectivity index (χ1n) is 9.61. The van der Waals surface area contributed by atoms with E-state index in [0.29, 0.717) is 5.92 Å². The Balaban J connectivity index is 1.50. The molecule has 1 aromatic carbocycles. The monoisotopic (exact) mass is 370 g/mol. The molecule has 1 aromatic heterocycles. The van der Waals surface area contributed by atoms with Crippen molar-refractivity contribution in [2.24, 2.45) is 0 Å². The van der Waals surface area contributed by atoms with E-state index in [4.69, 9.17) is 0 Å². The first-order chi connectivity index (χ1) is 12.8. The summed E-state index contributed by atoms with van der Waals surface area (Å²) in [5.41, 5.74) is 0.781. The molecule has 2 aliphatic rings. The van der Waals surface area contributed by atoms with Crippen LogP contribution in [0.3, 0.4) is 0 Å². The van der Waals surface area contributed by atoms with Gasteiger partial charge < -0.3 is 9.47 Å². The molecule has 1 fully saturated rings. The number of rotatable bonds is 3. The second-order valence-corrected chi connectivity index (χ2v) is 8.14. The third kappa shape index (κ3) is 3.52. The van der Waals surface area contributed by atoms with E-state index in [1.54, 1.807) is 11.8 Å². The number of likely N-dealkylation sites (tertiary alicyclic amines) is 1. The number of benzene rings is 1. The minimum atomic E-state index is 0.137. The second kappa shape index (κ2) is 7.82. The van der Waals surface area contributed by atoms with Crippen molar-refractivity contribution in [2.75, 3.05) is 19.3 Å². The van der Waals surface area contributed by atoms with Gasteiger partial charge in [-0.2, -0.15) is 0 Å². The van der Waals surface area contributed by atoms with Crippen LogP contribution >= 0.6 is 11.8 Å². The number of carbonyl (C=O) groups is 1. The molecule has 2 aromatic rings. The van der Waals surface area contributed by atoms with Crippen LogP contribution in [0.4, 0.5) is 0 Å². The SMILES string of the molecule is CSc1ccc(C(=O)N2CCCC(c3nnc4n3CCCCC4)C2)cc1. The van der Waals surface area contributed by atoms with Crippen molar-refractivity contribution in [3.05, 3.63) is 41.5 Å². The maximum atomic E-state index is 12.9. The second-order valence-electron chi connectivity index (χ2n) is 7.26. The number of thioether (sulfide) groups is 1. The van der Waals surface area contributed by atoms with Crippen LogP contribution < -0.4 is 0 Å². The lowest BCUT2D eigenvalue weighted by Gasteiger charge is -2.32. The average molecular weight is 371 g/mol.